The van der Waals surface area contributed by atoms with Crippen LogP contribution >= 0.6 is 8.38 Å². The molecule has 7 rings (SSSR count). The predicted octanol–water partition coefficient (Wildman–Crippen LogP) is 6.97. The van der Waals surface area contributed by atoms with Gasteiger partial charge in [-0.1, -0.05) is 48.5 Å². The van der Waals surface area contributed by atoms with Gasteiger partial charge in [0.15, 0.2) is 0 Å². The highest BCUT2D eigenvalue weighted by molar-refractivity contribution is 7.47. The molecule has 4 aromatic carbocycles. The minimum Gasteiger partial charge on any atom is -0.457 e. The first kappa shape index (κ1) is 19.0. The topological polar surface area (TPSA) is 46.2 Å². The SMILES string of the molecule is COCP1Oc2cccc3c2C2(c4ccccc4O3)c3ccccc3Oc3cccc(c32)O1. The summed E-state index contributed by atoms with van der Waals surface area (Å²) < 4.78 is 31.3. The lowest BCUT2D eigenvalue weighted by atomic mass is 9.62. The number of fused-ring (bicyclic) bond motifs is 2. The molecule has 3 aliphatic rings. The Kier molecular flexibility index (Phi) is 4.02. The number of methoxy groups -OCH3 is 1. The summed E-state index contributed by atoms with van der Waals surface area (Å²) in [4.78, 5) is 0. The second kappa shape index (κ2) is 6.98. The number of benzene rings is 4. The van der Waals surface area contributed by atoms with Gasteiger partial charge in [0, 0.05) is 18.2 Å². The maximum atomic E-state index is 6.50. The van der Waals surface area contributed by atoms with E-state index in [0.29, 0.717) is 6.35 Å². The molecular formula is C27H19O5P. The third kappa shape index (κ3) is 2.49. The summed E-state index contributed by atoms with van der Waals surface area (Å²) in [6.07, 6.45) is 0.338. The van der Waals surface area contributed by atoms with Crippen LogP contribution in [0.2, 0.25) is 0 Å². The molecule has 3 heterocycles. The van der Waals surface area contributed by atoms with Crippen LogP contribution in [0.4, 0.5) is 0 Å². The fourth-order valence-electron chi connectivity index (χ4n) is 5.26. The van der Waals surface area contributed by atoms with Gasteiger partial charge in [0.1, 0.15) is 40.8 Å². The molecule has 0 aliphatic carbocycles. The highest BCUT2D eigenvalue weighted by Crippen LogP contribution is 2.67. The van der Waals surface area contributed by atoms with Gasteiger partial charge in [0.2, 0.25) is 0 Å². The van der Waals surface area contributed by atoms with E-state index in [0.717, 1.165) is 56.8 Å². The van der Waals surface area contributed by atoms with Crippen molar-refractivity contribution in [3.63, 3.8) is 0 Å². The Morgan fingerprint density at radius 1 is 0.606 bits per heavy atom. The molecule has 0 saturated heterocycles. The number of hydrogen-bond acceptors (Lipinski definition) is 5. The summed E-state index contributed by atoms with van der Waals surface area (Å²) in [5.41, 5.74) is 3.25. The minimum absolute atomic E-state index is 0.338. The molecule has 0 saturated carbocycles. The summed E-state index contributed by atoms with van der Waals surface area (Å²) >= 11 is 0. The number of hydrogen-bond donors (Lipinski definition) is 0. The number of rotatable bonds is 2. The Hall–Kier alpha value is -3.53. The van der Waals surface area contributed by atoms with Gasteiger partial charge < -0.3 is 23.3 Å². The lowest BCUT2D eigenvalue weighted by Gasteiger charge is -2.46. The van der Waals surface area contributed by atoms with Gasteiger partial charge in [-0.2, -0.15) is 0 Å². The first-order valence-electron chi connectivity index (χ1n) is 10.7. The molecule has 0 atom stereocenters. The molecule has 4 aromatic rings. The van der Waals surface area contributed by atoms with Crippen molar-refractivity contribution in [2.24, 2.45) is 0 Å². The minimum atomic E-state index is -1.38. The van der Waals surface area contributed by atoms with E-state index in [9.17, 15) is 0 Å². The van der Waals surface area contributed by atoms with Crippen molar-refractivity contribution in [3.8, 4) is 34.5 Å². The molecule has 162 valence electrons. The van der Waals surface area contributed by atoms with E-state index in [1.807, 2.05) is 72.8 Å². The Labute approximate surface area is 192 Å². The van der Waals surface area contributed by atoms with Crippen LogP contribution in [-0.2, 0) is 10.2 Å². The molecule has 0 bridgehead atoms. The second-order valence-electron chi connectivity index (χ2n) is 8.14. The highest BCUT2D eigenvalue weighted by Gasteiger charge is 2.54. The molecule has 0 radical (unpaired) electrons. The Bertz CT molecular complexity index is 1310. The maximum absolute atomic E-state index is 6.50. The summed E-state index contributed by atoms with van der Waals surface area (Å²) in [5, 5.41) is 0. The highest BCUT2D eigenvalue weighted by atomic mass is 31.2. The quantitative estimate of drug-likeness (QED) is 0.265. The Morgan fingerprint density at radius 2 is 1.06 bits per heavy atom. The van der Waals surface area contributed by atoms with E-state index in [4.69, 9.17) is 23.3 Å². The molecule has 0 N–H and O–H groups in total. The predicted molar refractivity (Wildman–Crippen MR) is 125 cm³/mol. The molecule has 33 heavy (non-hydrogen) atoms. The van der Waals surface area contributed by atoms with Crippen molar-refractivity contribution in [1.82, 2.24) is 0 Å². The van der Waals surface area contributed by atoms with E-state index in [2.05, 4.69) is 12.1 Å². The van der Waals surface area contributed by atoms with Gasteiger partial charge in [-0.05, 0) is 36.4 Å². The molecule has 6 heteroatoms. The van der Waals surface area contributed by atoms with Crippen LogP contribution in [0.5, 0.6) is 34.5 Å². The van der Waals surface area contributed by atoms with E-state index >= 15 is 0 Å². The zero-order valence-corrected chi connectivity index (χ0v) is 18.7. The Morgan fingerprint density at radius 3 is 1.58 bits per heavy atom. The molecule has 0 aromatic heterocycles. The van der Waals surface area contributed by atoms with E-state index in [1.165, 1.54) is 0 Å². The molecule has 0 unspecified atom stereocenters. The standard InChI is InChI=1S/C27H19O5P/c1-28-16-33-31-23-14-6-12-21-25(23)27(17-8-2-4-10-19(17)29-21)18-9-3-5-11-20(18)30-22-13-7-15-24(32-33)26(22)27/h2-15H,16H2,1H3. The Balaban J connectivity index is 1.69. The van der Waals surface area contributed by atoms with Gasteiger partial charge in [-0.15, -0.1) is 0 Å². The van der Waals surface area contributed by atoms with E-state index in [1.54, 1.807) is 7.11 Å². The average Bonchev–Trinajstić information content (AvgIpc) is 2.83. The molecule has 0 amide bonds. The van der Waals surface area contributed by atoms with Crippen molar-refractivity contribution >= 4 is 8.38 Å². The van der Waals surface area contributed by atoms with Crippen LogP contribution in [0.1, 0.15) is 22.3 Å². The van der Waals surface area contributed by atoms with Gasteiger partial charge in [0.05, 0.1) is 16.5 Å². The second-order valence-corrected chi connectivity index (χ2v) is 9.43. The normalized spacial score (nSPS) is 16.2. The lowest BCUT2D eigenvalue weighted by molar-refractivity contribution is 0.237. The molecule has 3 aliphatic heterocycles. The fourth-order valence-corrected chi connectivity index (χ4v) is 6.35. The third-order valence-electron chi connectivity index (χ3n) is 6.38. The summed E-state index contributed by atoms with van der Waals surface area (Å²) in [6.45, 7) is 0. The smallest absolute Gasteiger partial charge is 0.318 e. The van der Waals surface area contributed by atoms with Crippen LogP contribution in [0.15, 0.2) is 84.9 Å². The van der Waals surface area contributed by atoms with E-state index < -0.39 is 13.8 Å². The molecule has 0 fully saturated rings. The number of ether oxygens (including phenoxy) is 3. The van der Waals surface area contributed by atoms with Crippen molar-refractivity contribution in [2.45, 2.75) is 5.41 Å². The monoisotopic (exact) mass is 454 g/mol. The zero-order valence-electron chi connectivity index (χ0n) is 17.8. The van der Waals surface area contributed by atoms with Crippen molar-refractivity contribution in [2.75, 3.05) is 13.5 Å². The first-order valence-corrected chi connectivity index (χ1v) is 12.1. The molecular weight excluding hydrogens is 435 g/mol. The van der Waals surface area contributed by atoms with Crippen LogP contribution in [-0.4, -0.2) is 13.5 Å². The van der Waals surface area contributed by atoms with Gasteiger partial charge in [-0.25, -0.2) is 0 Å². The summed E-state index contributed by atoms with van der Waals surface area (Å²) in [5.74, 6) is 4.58. The van der Waals surface area contributed by atoms with Crippen molar-refractivity contribution in [1.29, 1.82) is 0 Å². The molecule has 1 spiro atoms. The van der Waals surface area contributed by atoms with Gasteiger partial charge in [0.25, 0.3) is 0 Å². The van der Waals surface area contributed by atoms with Crippen LogP contribution < -0.4 is 18.5 Å². The van der Waals surface area contributed by atoms with Crippen molar-refractivity contribution in [3.05, 3.63) is 107 Å². The fraction of sp³-hybridized carbons (Fsp3) is 0.111. The van der Waals surface area contributed by atoms with Crippen LogP contribution in [0.25, 0.3) is 0 Å². The van der Waals surface area contributed by atoms with Crippen molar-refractivity contribution < 1.29 is 23.3 Å². The maximum Gasteiger partial charge on any atom is 0.318 e. The zero-order chi connectivity index (χ0) is 22.0. The summed E-state index contributed by atoms with van der Waals surface area (Å²) in [6, 6.07) is 28.2. The third-order valence-corrected chi connectivity index (χ3v) is 7.65. The van der Waals surface area contributed by atoms with E-state index in [-0.39, 0.29) is 0 Å². The summed E-state index contributed by atoms with van der Waals surface area (Å²) in [7, 11) is 0.266. The van der Waals surface area contributed by atoms with Crippen LogP contribution in [0, 0.1) is 0 Å². The number of para-hydroxylation sites is 2. The average molecular weight is 454 g/mol. The van der Waals surface area contributed by atoms with Gasteiger partial charge >= 0.3 is 8.38 Å². The lowest BCUT2D eigenvalue weighted by Crippen LogP contribution is -2.38. The first-order chi connectivity index (χ1) is 16.3. The van der Waals surface area contributed by atoms with Gasteiger partial charge in [-0.3, -0.25) is 0 Å². The largest absolute Gasteiger partial charge is 0.457 e. The van der Waals surface area contributed by atoms with Crippen LogP contribution in [0.3, 0.4) is 0 Å². The molecule has 5 nitrogen and oxygen atoms in total.